The molecule has 5 heteroatoms. The summed E-state index contributed by atoms with van der Waals surface area (Å²) in [6.45, 7) is 1.88. The van der Waals surface area contributed by atoms with Gasteiger partial charge in [-0.3, -0.25) is 4.79 Å². The third-order valence-corrected chi connectivity index (χ3v) is 3.29. The molecular weight excluding hydrogens is 254 g/mol. The van der Waals surface area contributed by atoms with E-state index in [-0.39, 0.29) is 12.5 Å². The molecule has 0 radical (unpaired) electrons. The maximum atomic E-state index is 11.8. The summed E-state index contributed by atoms with van der Waals surface area (Å²) in [6.07, 6.45) is 1.02. The van der Waals surface area contributed by atoms with Gasteiger partial charge in [-0.25, -0.2) is 4.98 Å². The van der Waals surface area contributed by atoms with Gasteiger partial charge in [-0.2, -0.15) is 0 Å². The number of aliphatic hydroxyl groups excluding tert-OH is 1. The van der Waals surface area contributed by atoms with Crippen LogP contribution in [-0.2, 0) is 4.79 Å². The average molecular weight is 269 g/mol. The topological polar surface area (TPSA) is 65.5 Å². The number of rotatable bonds is 2. The molecule has 2 aromatic rings. The Morgan fingerprint density at radius 1 is 1.30 bits per heavy atom. The Hall–Kier alpha value is -2.40. The van der Waals surface area contributed by atoms with Crippen molar-refractivity contribution in [3.8, 4) is 0 Å². The predicted molar refractivity (Wildman–Crippen MR) is 76.9 cm³/mol. The van der Waals surface area contributed by atoms with Gasteiger partial charge in [-0.05, 0) is 25.1 Å². The Morgan fingerprint density at radius 2 is 2.10 bits per heavy atom. The Morgan fingerprint density at radius 3 is 2.90 bits per heavy atom. The molecule has 2 heterocycles. The number of nitrogens with one attached hydrogen (secondary N) is 1. The van der Waals surface area contributed by atoms with Gasteiger partial charge in [0.2, 0.25) is 5.91 Å². The molecule has 0 saturated carbocycles. The highest BCUT2D eigenvalue weighted by Gasteiger charge is 2.26. The lowest BCUT2D eigenvalue weighted by Gasteiger charge is -2.31. The van der Waals surface area contributed by atoms with Crippen LogP contribution in [0.3, 0.4) is 0 Å². The Kier molecular flexibility index (Phi) is 3.12. The summed E-state index contributed by atoms with van der Waals surface area (Å²) in [7, 11) is 0. The van der Waals surface area contributed by atoms with E-state index in [1.165, 1.54) is 0 Å². The van der Waals surface area contributed by atoms with Crippen molar-refractivity contribution < 1.29 is 9.90 Å². The second-order valence-electron chi connectivity index (χ2n) is 4.74. The standard InChI is InChI=1S/C15H15N3O2/c1-10(19)11-5-4-8-16-15(11)18-9-14(20)17-12-6-2-3-7-13(12)18/h2-8,10,19H,9H2,1H3,(H,17,20)/t10-/m1/s1. The van der Waals surface area contributed by atoms with Gasteiger partial charge in [0.1, 0.15) is 12.4 Å². The van der Waals surface area contributed by atoms with Crippen molar-refractivity contribution in [2.24, 2.45) is 0 Å². The zero-order chi connectivity index (χ0) is 14.1. The van der Waals surface area contributed by atoms with Gasteiger partial charge in [-0.1, -0.05) is 18.2 Å². The highest BCUT2D eigenvalue weighted by atomic mass is 16.3. The zero-order valence-corrected chi connectivity index (χ0v) is 11.1. The zero-order valence-electron chi connectivity index (χ0n) is 11.1. The maximum absolute atomic E-state index is 11.8. The number of carbonyl (C=O) groups is 1. The lowest BCUT2D eigenvalue weighted by molar-refractivity contribution is -0.115. The molecule has 1 amide bonds. The number of aliphatic hydroxyl groups is 1. The summed E-state index contributed by atoms with van der Waals surface area (Å²) < 4.78 is 0. The number of carbonyl (C=O) groups excluding carboxylic acids is 1. The smallest absolute Gasteiger partial charge is 0.244 e. The van der Waals surface area contributed by atoms with E-state index >= 15 is 0 Å². The first-order valence-corrected chi connectivity index (χ1v) is 6.46. The van der Waals surface area contributed by atoms with Gasteiger partial charge < -0.3 is 15.3 Å². The monoisotopic (exact) mass is 269 g/mol. The quantitative estimate of drug-likeness (QED) is 0.877. The van der Waals surface area contributed by atoms with Gasteiger partial charge in [0.05, 0.1) is 17.5 Å². The predicted octanol–water partition coefficient (Wildman–Crippen LogP) is 2.23. The SMILES string of the molecule is C[C@@H](O)c1cccnc1N1CC(=O)Nc2ccccc21. The highest BCUT2D eigenvalue weighted by Crippen LogP contribution is 2.36. The van der Waals surface area contributed by atoms with Gasteiger partial charge in [0.15, 0.2) is 0 Å². The van der Waals surface area contributed by atoms with E-state index in [1.54, 1.807) is 19.2 Å². The summed E-state index contributed by atoms with van der Waals surface area (Å²) >= 11 is 0. The van der Waals surface area contributed by atoms with E-state index in [2.05, 4.69) is 10.3 Å². The first-order valence-electron chi connectivity index (χ1n) is 6.46. The molecule has 0 unspecified atom stereocenters. The van der Waals surface area contributed by atoms with Gasteiger partial charge in [-0.15, -0.1) is 0 Å². The lowest BCUT2D eigenvalue weighted by atomic mass is 10.1. The van der Waals surface area contributed by atoms with Crippen molar-refractivity contribution >= 4 is 23.1 Å². The largest absolute Gasteiger partial charge is 0.389 e. The fourth-order valence-electron chi connectivity index (χ4n) is 2.38. The van der Waals surface area contributed by atoms with Crippen molar-refractivity contribution in [1.29, 1.82) is 0 Å². The number of pyridine rings is 1. The van der Waals surface area contributed by atoms with Crippen LogP contribution in [0, 0.1) is 0 Å². The van der Waals surface area contributed by atoms with Gasteiger partial charge >= 0.3 is 0 Å². The molecule has 3 rings (SSSR count). The van der Waals surface area contributed by atoms with Gasteiger partial charge in [0.25, 0.3) is 0 Å². The fraction of sp³-hybridized carbons (Fsp3) is 0.200. The Bertz CT molecular complexity index is 655. The average Bonchev–Trinajstić information content (AvgIpc) is 2.46. The van der Waals surface area contributed by atoms with Crippen LogP contribution >= 0.6 is 0 Å². The van der Waals surface area contributed by atoms with E-state index in [1.807, 2.05) is 35.2 Å². The lowest BCUT2D eigenvalue weighted by Crippen LogP contribution is -2.36. The normalized spacial score (nSPS) is 15.5. The number of hydrogen-bond donors (Lipinski definition) is 2. The number of amides is 1. The molecule has 1 aliphatic heterocycles. The number of fused-ring (bicyclic) bond motifs is 1. The van der Waals surface area contributed by atoms with Crippen LogP contribution in [0.5, 0.6) is 0 Å². The molecule has 0 fully saturated rings. The number of hydrogen-bond acceptors (Lipinski definition) is 4. The minimum absolute atomic E-state index is 0.0918. The van der Waals surface area contributed by atoms with Crippen LogP contribution in [0.25, 0.3) is 0 Å². The van der Waals surface area contributed by atoms with Crippen molar-refractivity contribution in [1.82, 2.24) is 4.98 Å². The number of benzene rings is 1. The summed E-state index contributed by atoms with van der Waals surface area (Å²) in [4.78, 5) is 18.0. The molecule has 0 aliphatic carbocycles. The second-order valence-corrected chi connectivity index (χ2v) is 4.74. The number of para-hydroxylation sites is 2. The third kappa shape index (κ3) is 2.12. The molecule has 1 aromatic heterocycles. The van der Waals surface area contributed by atoms with E-state index in [0.717, 1.165) is 11.4 Å². The first kappa shape index (κ1) is 12.6. The maximum Gasteiger partial charge on any atom is 0.244 e. The van der Waals surface area contributed by atoms with Gasteiger partial charge in [0, 0.05) is 11.8 Å². The summed E-state index contributed by atoms with van der Waals surface area (Å²) in [5.41, 5.74) is 2.34. The first-order chi connectivity index (χ1) is 9.66. The molecule has 0 bridgehead atoms. The van der Waals surface area contributed by atoms with E-state index in [4.69, 9.17) is 0 Å². The van der Waals surface area contributed by atoms with Crippen LogP contribution in [0.2, 0.25) is 0 Å². The van der Waals surface area contributed by atoms with E-state index in [9.17, 15) is 9.90 Å². The number of aromatic nitrogens is 1. The summed E-state index contributed by atoms with van der Waals surface area (Å²) in [5, 5.41) is 12.7. The van der Waals surface area contributed by atoms with Crippen LogP contribution in [-0.4, -0.2) is 22.5 Å². The minimum Gasteiger partial charge on any atom is -0.389 e. The van der Waals surface area contributed by atoms with Crippen LogP contribution in [0.1, 0.15) is 18.6 Å². The molecule has 102 valence electrons. The third-order valence-electron chi connectivity index (χ3n) is 3.29. The van der Waals surface area contributed by atoms with Crippen LogP contribution in [0.4, 0.5) is 17.2 Å². The second kappa shape index (κ2) is 4.94. The molecule has 0 saturated heterocycles. The fourth-order valence-corrected chi connectivity index (χ4v) is 2.38. The van der Waals surface area contributed by atoms with Crippen LogP contribution < -0.4 is 10.2 Å². The summed E-state index contributed by atoms with van der Waals surface area (Å²) in [5.74, 6) is 0.524. The Balaban J connectivity index is 2.13. The van der Waals surface area contributed by atoms with E-state index < -0.39 is 6.10 Å². The minimum atomic E-state index is -0.643. The molecule has 2 N–H and O–H groups in total. The molecule has 20 heavy (non-hydrogen) atoms. The van der Waals surface area contributed by atoms with Crippen molar-refractivity contribution in [2.75, 3.05) is 16.8 Å². The Labute approximate surface area is 116 Å². The molecule has 0 spiro atoms. The molecule has 1 aromatic carbocycles. The molecular formula is C15H15N3O2. The molecule has 5 nitrogen and oxygen atoms in total. The van der Waals surface area contributed by atoms with Crippen molar-refractivity contribution in [3.63, 3.8) is 0 Å². The van der Waals surface area contributed by atoms with Crippen molar-refractivity contribution in [2.45, 2.75) is 13.0 Å². The van der Waals surface area contributed by atoms with E-state index in [0.29, 0.717) is 11.4 Å². The van der Waals surface area contributed by atoms with Crippen molar-refractivity contribution in [3.05, 3.63) is 48.2 Å². The molecule has 1 aliphatic rings. The number of anilines is 3. The molecule has 1 atom stereocenters. The van der Waals surface area contributed by atoms with Crippen LogP contribution in [0.15, 0.2) is 42.6 Å². The highest BCUT2D eigenvalue weighted by molar-refractivity contribution is 6.03. The summed E-state index contributed by atoms with van der Waals surface area (Å²) in [6, 6.07) is 11.2. The number of nitrogens with zero attached hydrogens (tertiary/aromatic N) is 2.